The average Bonchev–Trinajstić information content (AvgIpc) is 2.67. The average molecular weight is 312 g/mol. The van der Waals surface area contributed by atoms with Crippen LogP contribution in [0.3, 0.4) is 0 Å². The van der Waals surface area contributed by atoms with Crippen LogP contribution < -0.4 is 5.32 Å². The Kier molecular flexibility index (Phi) is 5.37. The van der Waals surface area contributed by atoms with Gasteiger partial charge in [0.05, 0.1) is 23.7 Å². The van der Waals surface area contributed by atoms with Crippen LogP contribution in [0.25, 0.3) is 0 Å². The summed E-state index contributed by atoms with van der Waals surface area (Å²) in [6.45, 7) is 1.84. The Balaban J connectivity index is 2.17. The predicted molar refractivity (Wildman–Crippen MR) is 84.0 cm³/mol. The molecule has 0 spiro atoms. The zero-order valence-corrected chi connectivity index (χ0v) is 13.3. The van der Waals surface area contributed by atoms with Gasteiger partial charge in [-0.25, -0.2) is 8.42 Å². The lowest BCUT2D eigenvalue weighted by Crippen LogP contribution is -2.52. The Bertz CT molecular complexity index is 541. The molecule has 2 rings (SSSR count). The molecule has 0 aromatic heterocycles. The first-order valence-corrected chi connectivity index (χ1v) is 9.11. The van der Waals surface area contributed by atoms with Crippen molar-refractivity contribution in [1.29, 1.82) is 0 Å². The summed E-state index contributed by atoms with van der Waals surface area (Å²) in [6, 6.07) is 9.82. The van der Waals surface area contributed by atoms with Gasteiger partial charge in [-0.2, -0.15) is 0 Å². The number of benzene rings is 1. The molecule has 1 aromatic carbocycles. The van der Waals surface area contributed by atoms with E-state index < -0.39 is 15.4 Å². The highest BCUT2D eigenvalue weighted by molar-refractivity contribution is 7.91. The fraction of sp³-hybridized carbons (Fsp3) is 0.600. The summed E-state index contributed by atoms with van der Waals surface area (Å²) >= 11 is 0. The number of rotatable bonds is 5. The van der Waals surface area contributed by atoms with E-state index in [0.717, 1.165) is 12.1 Å². The van der Waals surface area contributed by atoms with E-state index in [1.165, 1.54) is 0 Å². The Morgan fingerprint density at radius 1 is 1.24 bits per heavy atom. The zero-order valence-electron chi connectivity index (χ0n) is 12.5. The van der Waals surface area contributed by atoms with E-state index in [0.29, 0.717) is 19.5 Å². The Labute approximate surface area is 126 Å². The largest absolute Gasteiger partial charge is 0.394 e. The van der Waals surface area contributed by atoms with Crippen molar-refractivity contribution in [3.05, 3.63) is 35.9 Å². The van der Waals surface area contributed by atoms with Gasteiger partial charge in [-0.05, 0) is 25.6 Å². The maximum absolute atomic E-state index is 11.7. The Morgan fingerprint density at radius 2 is 1.95 bits per heavy atom. The molecule has 1 aliphatic rings. The van der Waals surface area contributed by atoms with Crippen molar-refractivity contribution < 1.29 is 13.5 Å². The van der Waals surface area contributed by atoms with E-state index in [4.69, 9.17) is 0 Å². The number of sulfone groups is 1. The summed E-state index contributed by atoms with van der Waals surface area (Å²) in [5.74, 6) is 0.466. The minimum absolute atomic E-state index is 0.0310. The fourth-order valence-electron chi connectivity index (χ4n) is 2.82. The minimum atomic E-state index is -2.91. The maximum Gasteiger partial charge on any atom is 0.151 e. The van der Waals surface area contributed by atoms with Crippen LogP contribution >= 0.6 is 0 Å². The smallest absolute Gasteiger partial charge is 0.151 e. The van der Waals surface area contributed by atoms with Crippen molar-refractivity contribution in [2.75, 3.05) is 44.8 Å². The lowest BCUT2D eigenvalue weighted by molar-refractivity contribution is 0.116. The summed E-state index contributed by atoms with van der Waals surface area (Å²) in [5, 5.41) is 13.2. The fourth-order valence-corrected chi connectivity index (χ4v) is 4.13. The molecule has 1 aromatic rings. The van der Waals surface area contributed by atoms with Gasteiger partial charge in [0, 0.05) is 13.1 Å². The van der Waals surface area contributed by atoms with E-state index in [2.05, 4.69) is 10.2 Å². The first-order valence-electron chi connectivity index (χ1n) is 7.29. The monoisotopic (exact) mass is 312 g/mol. The molecule has 0 amide bonds. The van der Waals surface area contributed by atoms with Crippen LogP contribution in [-0.4, -0.2) is 63.2 Å². The third-order valence-electron chi connectivity index (χ3n) is 4.22. The van der Waals surface area contributed by atoms with E-state index in [1.807, 2.05) is 37.4 Å². The Morgan fingerprint density at radius 3 is 2.57 bits per heavy atom. The van der Waals surface area contributed by atoms with Crippen LogP contribution in [0.2, 0.25) is 0 Å². The molecule has 1 fully saturated rings. The van der Waals surface area contributed by atoms with E-state index in [1.54, 1.807) is 0 Å². The van der Waals surface area contributed by atoms with E-state index in [-0.39, 0.29) is 18.1 Å². The molecule has 1 unspecified atom stereocenters. The molecular formula is C15H24N2O3S. The first kappa shape index (κ1) is 16.4. The molecule has 118 valence electrons. The molecule has 5 nitrogen and oxygen atoms in total. The van der Waals surface area contributed by atoms with Gasteiger partial charge in [-0.15, -0.1) is 0 Å². The molecule has 1 heterocycles. The predicted octanol–water partition coefficient (Wildman–Crippen LogP) is 0.214. The molecule has 2 N–H and O–H groups in total. The van der Waals surface area contributed by atoms with Crippen molar-refractivity contribution in [3.63, 3.8) is 0 Å². The topological polar surface area (TPSA) is 69.6 Å². The van der Waals surface area contributed by atoms with Gasteiger partial charge in [0.25, 0.3) is 0 Å². The summed E-state index contributed by atoms with van der Waals surface area (Å²) in [6.07, 6.45) is 0.655. The standard InChI is InChI=1S/C15H24N2O3S/c1-16-15(13-18,14-6-3-2-4-7-14)12-17-8-5-10-21(19,20)11-9-17/h2-4,6-7,16,18H,5,8-13H2,1H3. The van der Waals surface area contributed by atoms with E-state index in [9.17, 15) is 13.5 Å². The van der Waals surface area contributed by atoms with Crippen molar-refractivity contribution in [2.45, 2.75) is 12.0 Å². The van der Waals surface area contributed by atoms with Crippen molar-refractivity contribution in [3.8, 4) is 0 Å². The van der Waals surface area contributed by atoms with Gasteiger partial charge < -0.3 is 15.3 Å². The van der Waals surface area contributed by atoms with Crippen molar-refractivity contribution in [2.24, 2.45) is 0 Å². The molecule has 21 heavy (non-hydrogen) atoms. The number of hydrogen-bond donors (Lipinski definition) is 2. The molecule has 1 atom stereocenters. The first-order chi connectivity index (χ1) is 10.0. The normalized spacial score (nSPS) is 22.4. The highest BCUT2D eigenvalue weighted by atomic mass is 32.2. The van der Waals surface area contributed by atoms with Crippen LogP contribution in [0.1, 0.15) is 12.0 Å². The Hall–Kier alpha value is -0.950. The SMILES string of the molecule is CNC(CO)(CN1CCCS(=O)(=O)CC1)c1ccccc1. The zero-order chi connectivity index (χ0) is 15.3. The number of aliphatic hydroxyl groups excluding tert-OH is 1. The number of aliphatic hydroxyl groups is 1. The van der Waals surface area contributed by atoms with Gasteiger partial charge in [0.2, 0.25) is 0 Å². The number of nitrogens with one attached hydrogen (secondary N) is 1. The summed E-state index contributed by atoms with van der Waals surface area (Å²) in [7, 11) is -1.08. The highest BCUT2D eigenvalue weighted by Crippen LogP contribution is 2.22. The molecular weight excluding hydrogens is 288 g/mol. The molecule has 0 bridgehead atoms. The van der Waals surface area contributed by atoms with Crippen LogP contribution in [-0.2, 0) is 15.4 Å². The van der Waals surface area contributed by atoms with Gasteiger partial charge in [-0.1, -0.05) is 30.3 Å². The second kappa shape index (κ2) is 6.87. The van der Waals surface area contributed by atoms with Crippen molar-refractivity contribution in [1.82, 2.24) is 10.2 Å². The van der Waals surface area contributed by atoms with Crippen LogP contribution in [0.5, 0.6) is 0 Å². The number of likely N-dealkylation sites (N-methyl/N-ethyl adjacent to an activating group) is 1. The molecule has 1 saturated heterocycles. The van der Waals surface area contributed by atoms with Gasteiger partial charge in [0.1, 0.15) is 0 Å². The summed E-state index contributed by atoms with van der Waals surface area (Å²) in [5.41, 5.74) is 0.456. The third kappa shape index (κ3) is 4.03. The lowest BCUT2D eigenvalue weighted by Gasteiger charge is -2.37. The minimum Gasteiger partial charge on any atom is -0.394 e. The maximum atomic E-state index is 11.7. The van der Waals surface area contributed by atoms with Gasteiger partial charge in [-0.3, -0.25) is 0 Å². The molecule has 0 aliphatic carbocycles. The molecule has 6 heteroatoms. The van der Waals surface area contributed by atoms with Crippen LogP contribution in [0.4, 0.5) is 0 Å². The number of nitrogens with zero attached hydrogens (tertiary/aromatic N) is 1. The van der Waals surface area contributed by atoms with Gasteiger partial charge in [0.15, 0.2) is 9.84 Å². The van der Waals surface area contributed by atoms with Crippen molar-refractivity contribution >= 4 is 9.84 Å². The van der Waals surface area contributed by atoms with E-state index >= 15 is 0 Å². The third-order valence-corrected chi connectivity index (χ3v) is 5.93. The van der Waals surface area contributed by atoms with Crippen LogP contribution in [0, 0.1) is 0 Å². The second-order valence-electron chi connectivity index (χ2n) is 5.64. The molecule has 1 aliphatic heterocycles. The lowest BCUT2D eigenvalue weighted by atomic mass is 9.90. The highest BCUT2D eigenvalue weighted by Gasteiger charge is 2.33. The second-order valence-corrected chi connectivity index (χ2v) is 7.94. The molecule has 0 saturated carbocycles. The quantitative estimate of drug-likeness (QED) is 0.814. The summed E-state index contributed by atoms with van der Waals surface area (Å²) in [4.78, 5) is 2.13. The number of hydrogen-bond acceptors (Lipinski definition) is 5. The summed E-state index contributed by atoms with van der Waals surface area (Å²) < 4.78 is 23.4. The van der Waals surface area contributed by atoms with Crippen LogP contribution in [0.15, 0.2) is 30.3 Å². The molecule has 0 radical (unpaired) electrons. The van der Waals surface area contributed by atoms with Gasteiger partial charge >= 0.3 is 0 Å².